The van der Waals surface area contributed by atoms with Crippen molar-refractivity contribution in [2.75, 3.05) is 24.6 Å². The Morgan fingerprint density at radius 2 is 1.95 bits per heavy atom. The fourth-order valence-corrected chi connectivity index (χ4v) is 2.02. The fourth-order valence-electron chi connectivity index (χ4n) is 1.84. The van der Waals surface area contributed by atoms with Crippen LogP contribution in [0.3, 0.4) is 0 Å². The zero-order chi connectivity index (χ0) is 13.2. The van der Waals surface area contributed by atoms with Crippen LogP contribution in [0.2, 0.25) is 5.15 Å². The van der Waals surface area contributed by atoms with Crippen LogP contribution in [0.5, 0.6) is 5.75 Å². The van der Waals surface area contributed by atoms with Crippen molar-refractivity contribution in [2.24, 2.45) is 0 Å². The predicted molar refractivity (Wildman–Crippen MR) is 75.9 cm³/mol. The molecule has 3 rings (SSSR count). The van der Waals surface area contributed by atoms with Crippen molar-refractivity contribution in [1.82, 2.24) is 9.97 Å². The van der Waals surface area contributed by atoms with Crippen LogP contribution in [0.15, 0.2) is 30.3 Å². The Kier molecular flexibility index (Phi) is 3.25. The Morgan fingerprint density at radius 3 is 2.58 bits per heavy atom. The van der Waals surface area contributed by atoms with E-state index in [4.69, 9.17) is 16.3 Å². The normalized spacial score (nSPS) is 13.5. The summed E-state index contributed by atoms with van der Waals surface area (Å²) in [4.78, 5) is 11.0. The molecule has 0 unspecified atom stereocenters. The summed E-state index contributed by atoms with van der Waals surface area (Å²) >= 11 is 6.05. The van der Waals surface area contributed by atoms with E-state index in [0.29, 0.717) is 17.6 Å². The maximum atomic E-state index is 6.05. The number of hydrogen-bond donors (Lipinski definition) is 0. The van der Waals surface area contributed by atoms with E-state index < -0.39 is 0 Å². The second-order valence-electron chi connectivity index (χ2n) is 4.32. The summed E-state index contributed by atoms with van der Waals surface area (Å²) in [7, 11) is 0. The van der Waals surface area contributed by atoms with Crippen LogP contribution < -0.4 is 9.64 Å². The molecule has 0 radical (unpaired) electrons. The lowest BCUT2D eigenvalue weighted by Gasteiger charge is -2.07. The zero-order valence-electron chi connectivity index (χ0n) is 10.6. The fraction of sp³-hybridized carbons (Fsp3) is 0.286. The number of benzene rings is 1. The molecule has 1 aliphatic rings. The molecule has 1 aliphatic heterocycles. The van der Waals surface area contributed by atoms with Gasteiger partial charge < -0.3 is 9.64 Å². The van der Waals surface area contributed by atoms with E-state index in [2.05, 4.69) is 14.9 Å². The maximum Gasteiger partial charge on any atom is 0.163 e. The molecule has 0 bridgehead atoms. The summed E-state index contributed by atoms with van der Waals surface area (Å²) in [6.07, 6.45) is 0. The van der Waals surface area contributed by atoms with Gasteiger partial charge in [0, 0.05) is 24.7 Å². The third-order valence-corrected chi connectivity index (χ3v) is 3.07. The SMILES string of the molecule is CCOc1ccc(-c2nc(Cl)cc(N3CC3)n2)cc1. The summed E-state index contributed by atoms with van der Waals surface area (Å²) in [5.74, 6) is 2.39. The molecule has 0 N–H and O–H groups in total. The average molecular weight is 276 g/mol. The first-order valence-electron chi connectivity index (χ1n) is 6.29. The first-order chi connectivity index (χ1) is 9.26. The highest BCUT2D eigenvalue weighted by molar-refractivity contribution is 6.29. The summed E-state index contributed by atoms with van der Waals surface area (Å²) in [5, 5.41) is 0.473. The molecule has 0 amide bonds. The number of hydrogen-bond acceptors (Lipinski definition) is 4. The number of halogens is 1. The highest BCUT2D eigenvalue weighted by Gasteiger charge is 2.20. The lowest BCUT2D eigenvalue weighted by molar-refractivity contribution is 0.340. The van der Waals surface area contributed by atoms with Gasteiger partial charge in [0.25, 0.3) is 0 Å². The van der Waals surface area contributed by atoms with Gasteiger partial charge in [-0.1, -0.05) is 11.6 Å². The monoisotopic (exact) mass is 275 g/mol. The van der Waals surface area contributed by atoms with E-state index in [-0.39, 0.29) is 0 Å². The lowest BCUT2D eigenvalue weighted by atomic mass is 10.2. The van der Waals surface area contributed by atoms with Crippen molar-refractivity contribution in [3.05, 3.63) is 35.5 Å². The van der Waals surface area contributed by atoms with Gasteiger partial charge in [0.2, 0.25) is 0 Å². The van der Waals surface area contributed by atoms with Gasteiger partial charge in [0.1, 0.15) is 16.7 Å². The molecule has 1 saturated heterocycles. The molecular formula is C14H14ClN3O. The molecule has 0 aliphatic carbocycles. The van der Waals surface area contributed by atoms with Crippen molar-refractivity contribution < 1.29 is 4.74 Å². The second kappa shape index (κ2) is 5.05. The van der Waals surface area contributed by atoms with Crippen LogP contribution >= 0.6 is 11.6 Å². The van der Waals surface area contributed by atoms with E-state index in [9.17, 15) is 0 Å². The Labute approximate surface area is 117 Å². The third-order valence-electron chi connectivity index (χ3n) is 2.88. The van der Waals surface area contributed by atoms with Crippen molar-refractivity contribution in [2.45, 2.75) is 6.92 Å². The van der Waals surface area contributed by atoms with Gasteiger partial charge in [-0.15, -0.1) is 0 Å². The number of rotatable bonds is 4. The topological polar surface area (TPSA) is 38.0 Å². The molecule has 2 heterocycles. The number of aromatic nitrogens is 2. The van der Waals surface area contributed by atoms with Crippen LogP contribution in [-0.2, 0) is 0 Å². The minimum absolute atomic E-state index is 0.473. The largest absolute Gasteiger partial charge is 0.494 e. The maximum absolute atomic E-state index is 6.05. The van der Waals surface area contributed by atoms with Crippen molar-refractivity contribution in [3.63, 3.8) is 0 Å². The van der Waals surface area contributed by atoms with Gasteiger partial charge in [-0.2, -0.15) is 0 Å². The van der Waals surface area contributed by atoms with Gasteiger partial charge in [0.05, 0.1) is 6.61 Å². The first kappa shape index (κ1) is 12.2. The molecule has 5 heteroatoms. The number of anilines is 1. The molecule has 1 fully saturated rings. The Hall–Kier alpha value is -1.81. The van der Waals surface area contributed by atoms with Crippen LogP contribution in [0, 0.1) is 0 Å². The average Bonchev–Trinajstić information content (AvgIpc) is 3.23. The highest BCUT2D eigenvalue weighted by atomic mass is 35.5. The standard InChI is InChI=1S/C14H14ClN3O/c1-2-19-11-5-3-10(4-6-11)14-16-12(15)9-13(17-14)18-7-8-18/h3-6,9H,2,7-8H2,1H3. The number of nitrogens with zero attached hydrogens (tertiary/aromatic N) is 3. The number of ether oxygens (including phenoxy) is 1. The van der Waals surface area contributed by atoms with Gasteiger partial charge in [-0.3, -0.25) is 0 Å². The summed E-state index contributed by atoms with van der Waals surface area (Å²) in [6.45, 7) is 4.70. The summed E-state index contributed by atoms with van der Waals surface area (Å²) < 4.78 is 5.42. The predicted octanol–water partition coefficient (Wildman–Crippen LogP) is 3.02. The Morgan fingerprint density at radius 1 is 1.21 bits per heavy atom. The van der Waals surface area contributed by atoms with Gasteiger partial charge in [0.15, 0.2) is 5.82 Å². The van der Waals surface area contributed by atoms with Crippen LogP contribution in [-0.4, -0.2) is 29.7 Å². The van der Waals surface area contributed by atoms with Crippen molar-refractivity contribution in [3.8, 4) is 17.1 Å². The molecule has 0 atom stereocenters. The summed E-state index contributed by atoms with van der Waals surface area (Å²) in [5.41, 5.74) is 0.939. The summed E-state index contributed by atoms with van der Waals surface area (Å²) in [6, 6.07) is 9.53. The second-order valence-corrected chi connectivity index (χ2v) is 4.70. The molecule has 0 spiro atoms. The molecule has 1 aromatic heterocycles. The van der Waals surface area contributed by atoms with Crippen molar-refractivity contribution in [1.29, 1.82) is 0 Å². The van der Waals surface area contributed by atoms with Crippen LogP contribution in [0.1, 0.15) is 6.92 Å². The van der Waals surface area contributed by atoms with Crippen LogP contribution in [0.4, 0.5) is 5.82 Å². The smallest absolute Gasteiger partial charge is 0.163 e. The Bertz CT molecular complexity index is 582. The van der Waals surface area contributed by atoms with Crippen molar-refractivity contribution >= 4 is 17.4 Å². The molecular weight excluding hydrogens is 262 g/mol. The minimum Gasteiger partial charge on any atom is -0.494 e. The first-order valence-corrected chi connectivity index (χ1v) is 6.67. The molecule has 4 nitrogen and oxygen atoms in total. The lowest BCUT2D eigenvalue weighted by Crippen LogP contribution is -1.99. The molecule has 1 aromatic carbocycles. The van der Waals surface area contributed by atoms with Gasteiger partial charge >= 0.3 is 0 Å². The van der Waals surface area contributed by atoms with E-state index >= 15 is 0 Å². The zero-order valence-corrected chi connectivity index (χ0v) is 11.4. The van der Waals surface area contributed by atoms with E-state index in [0.717, 1.165) is 30.2 Å². The Balaban J connectivity index is 1.92. The minimum atomic E-state index is 0.473. The molecule has 98 valence electrons. The van der Waals surface area contributed by atoms with E-state index in [1.165, 1.54) is 0 Å². The quantitative estimate of drug-likeness (QED) is 0.635. The molecule has 19 heavy (non-hydrogen) atoms. The third kappa shape index (κ3) is 2.79. The highest BCUT2D eigenvalue weighted by Crippen LogP contribution is 2.26. The molecule has 0 saturated carbocycles. The van der Waals surface area contributed by atoms with Gasteiger partial charge in [-0.05, 0) is 31.2 Å². The van der Waals surface area contributed by atoms with Crippen LogP contribution in [0.25, 0.3) is 11.4 Å². The van der Waals surface area contributed by atoms with E-state index in [1.54, 1.807) is 6.07 Å². The van der Waals surface area contributed by atoms with E-state index in [1.807, 2.05) is 31.2 Å². The van der Waals surface area contributed by atoms with Gasteiger partial charge in [-0.25, -0.2) is 9.97 Å². The molecule has 2 aromatic rings.